The Hall–Kier alpha value is -3.95. The number of benzene rings is 2. The Balaban J connectivity index is 1.48. The molecule has 164 valence electrons. The van der Waals surface area contributed by atoms with E-state index in [1.165, 1.54) is 18.2 Å². The molecule has 0 unspecified atom stereocenters. The summed E-state index contributed by atoms with van der Waals surface area (Å²) in [4.78, 5) is 5.18. The Morgan fingerprint density at radius 1 is 1.00 bits per heavy atom. The summed E-state index contributed by atoms with van der Waals surface area (Å²) in [5.74, 6) is -0.324. The second-order valence-electron chi connectivity index (χ2n) is 6.99. The van der Waals surface area contributed by atoms with E-state index in [-0.39, 0.29) is 18.0 Å². The first-order valence-electron chi connectivity index (χ1n) is 9.58. The topological polar surface area (TPSA) is 58.9 Å². The van der Waals surface area contributed by atoms with Crippen LogP contribution < -0.4 is 10.2 Å². The number of alkyl halides is 3. The van der Waals surface area contributed by atoms with E-state index in [4.69, 9.17) is 0 Å². The van der Waals surface area contributed by atoms with Gasteiger partial charge in [0, 0.05) is 30.3 Å². The van der Waals surface area contributed by atoms with Gasteiger partial charge < -0.3 is 10.2 Å². The first-order valence-corrected chi connectivity index (χ1v) is 9.58. The van der Waals surface area contributed by atoms with Crippen LogP contribution in [0.5, 0.6) is 0 Å². The summed E-state index contributed by atoms with van der Waals surface area (Å²) < 4.78 is 53.5. The average Bonchev–Trinajstić information content (AvgIpc) is 3.26. The van der Waals surface area contributed by atoms with E-state index in [0.717, 1.165) is 23.6 Å². The lowest BCUT2D eigenvalue weighted by atomic mass is 10.2. The summed E-state index contributed by atoms with van der Waals surface area (Å²) >= 11 is 0. The van der Waals surface area contributed by atoms with Crippen LogP contribution in [0.25, 0.3) is 5.69 Å². The van der Waals surface area contributed by atoms with Gasteiger partial charge in [0.2, 0.25) is 0 Å². The normalized spacial score (nSPS) is 11.4. The fourth-order valence-corrected chi connectivity index (χ4v) is 3.07. The van der Waals surface area contributed by atoms with Gasteiger partial charge in [0.1, 0.15) is 17.2 Å². The summed E-state index contributed by atoms with van der Waals surface area (Å²) in [6.07, 6.45) is -1.73. The molecule has 0 saturated heterocycles. The van der Waals surface area contributed by atoms with Crippen LogP contribution in [-0.4, -0.2) is 27.0 Å². The highest BCUT2D eigenvalue weighted by molar-refractivity contribution is 5.64. The van der Waals surface area contributed by atoms with Gasteiger partial charge >= 0.3 is 6.18 Å². The van der Waals surface area contributed by atoms with Crippen LogP contribution in [0.3, 0.4) is 0 Å². The molecule has 0 atom stereocenters. The standard InChI is InChI=1S/C22H18F4N6/c1-31(18-5-2-4-15(23)10-18)19-6-3-7-20(12-19)32-14-17(29-30-32)13-28-16-8-9-27-21(11-16)22(24,25)26/h2-12,14H,13H2,1H3,(H,27,28). The van der Waals surface area contributed by atoms with Crippen LogP contribution in [0, 0.1) is 5.82 Å². The van der Waals surface area contributed by atoms with E-state index in [2.05, 4.69) is 20.6 Å². The first-order chi connectivity index (χ1) is 15.3. The van der Waals surface area contributed by atoms with Crippen molar-refractivity contribution in [1.29, 1.82) is 0 Å². The minimum absolute atomic E-state index is 0.185. The molecule has 6 nitrogen and oxygen atoms in total. The van der Waals surface area contributed by atoms with Crippen molar-refractivity contribution >= 4 is 17.1 Å². The summed E-state index contributed by atoms with van der Waals surface area (Å²) in [6.45, 7) is 0.185. The summed E-state index contributed by atoms with van der Waals surface area (Å²) in [6, 6.07) is 16.1. The highest BCUT2D eigenvalue weighted by atomic mass is 19.4. The monoisotopic (exact) mass is 442 g/mol. The van der Waals surface area contributed by atoms with Gasteiger partial charge in [0.15, 0.2) is 0 Å². The average molecular weight is 442 g/mol. The van der Waals surface area contributed by atoms with Crippen molar-refractivity contribution in [2.45, 2.75) is 12.7 Å². The highest BCUT2D eigenvalue weighted by Gasteiger charge is 2.32. The molecule has 1 N–H and O–H groups in total. The summed E-state index contributed by atoms with van der Waals surface area (Å²) in [5, 5.41) is 11.1. The third-order valence-electron chi connectivity index (χ3n) is 4.74. The molecule has 0 fully saturated rings. The maximum Gasteiger partial charge on any atom is 0.433 e. The van der Waals surface area contributed by atoms with Crippen LogP contribution >= 0.6 is 0 Å². The van der Waals surface area contributed by atoms with Crippen molar-refractivity contribution in [2.75, 3.05) is 17.3 Å². The molecular formula is C22H18F4N6. The molecule has 0 bridgehead atoms. The second kappa shape index (κ2) is 8.66. The second-order valence-corrected chi connectivity index (χ2v) is 6.99. The van der Waals surface area contributed by atoms with Crippen LogP contribution in [0.4, 0.5) is 34.6 Å². The van der Waals surface area contributed by atoms with Crippen molar-refractivity contribution in [3.05, 3.63) is 90.3 Å². The van der Waals surface area contributed by atoms with Crippen molar-refractivity contribution in [1.82, 2.24) is 20.0 Å². The smallest absolute Gasteiger partial charge is 0.379 e. The summed E-state index contributed by atoms with van der Waals surface area (Å²) in [7, 11) is 1.83. The first kappa shape index (κ1) is 21.3. The Kier molecular flexibility index (Phi) is 5.76. The van der Waals surface area contributed by atoms with Crippen LogP contribution in [0.15, 0.2) is 73.1 Å². The number of nitrogens with one attached hydrogen (secondary N) is 1. The van der Waals surface area contributed by atoms with E-state index in [0.29, 0.717) is 11.4 Å². The van der Waals surface area contributed by atoms with Gasteiger partial charge in [0.25, 0.3) is 0 Å². The van der Waals surface area contributed by atoms with E-state index in [1.807, 2.05) is 36.2 Å². The molecule has 0 spiro atoms. The van der Waals surface area contributed by atoms with Crippen molar-refractivity contribution in [2.24, 2.45) is 0 Å². The minimum Gasteiger partial charge on any atom is -0.379 e. The summed E-state index contributed by atoms with van der Waals surface area (Å²) in [5.41, 5.74) is 2.10. The van der Waals surface area contributed by atoms with Crippen molar-refractivity contribution in [3.8, 4) is 5.69 Å². The number of halogens is 4. The van der Waals surface area contributed by atoms with E-state index >= 15 is 0 Å². The van der Waals surface area contributed by atoms with Crippen LogP contribution in [0.2, 0.25) is 0 Å². The van der Waals surface area contributed by atoms with Gasteiger partial charge in [-0.25, -0.2) is 9.07 Å². The Morgan fingerprint density at radius 2 is 1.75 bits per heavy atom. The molecule has 2 aromatic heterocycles. The zero-order valence-electron chi connectivity index (χ0n) is 16.9. The zero-order valence-corrected chi connectivity index (χ0v) is 16.9. The Morgan fingerprint density at radius 3 is 2.50 bits per heavy atom. The lowest BCUT2D eigenvalue weighted by Gasteiger charge is -2.20. The van der Waals surface area contributed by atoms with Gasteiger partial charge in [-0.2, -0.15) is 13.2 Å². The van der Waals surface area contributed by atoms with E-state index in [1.54, 1.807) is 23.0 Å². The van der Waals surface area contributed by atoms with Crippen LogP contribution in [-0.2, 0) is 12.7 Å². The maximum absolute atomic E-state index is 13.6. The van der Waals surface area contributed by atoms with Gasteiger partial charge in [0.05, 0.1) is 18.4 Å². The Labute approximate surface area is 181 Å². The molecule has 0 aliphatic heterocycles. The molecular weight excluding hydrogens is 424 g/mol. The largest absolute Gasteiger partial charge is 0.433 e. The molecule has 0 saturated carbocycles. The number of nitrogens with zero attached hydrogens (tertiary/aromatic N) is 5. The predicted molar refractivity (Wildman–Crippen MR) is 112 cm³/mol. The highest BCUT2D eigenvalue weighted by Crippen LogP contribution is 2.29. The van der Waals surface area contributed by atoms with Gasteiger partial charge in [-0.3, -0.25) is 4.98 Å². The van der Waals surface area contributed by atoms with Crippen molar-refractivity contribution < 1.29 is 17.6 Å². The fraction of sp³-hybridized carbons (Fsp3) is 0.136. The molecule has 10 heteroatoms. The number of hydrogen-bond acceptors (Lipinski definition) is 5. The van der Waals surface area contributed by atoms with E-state index in [9.17, 15) is 17.6 Å². The quantitative estimate of drug-likeness (QED) is 0.416. The third kappa shape index (κ3) is 4.85. The third-order valence-corrected chi connectivity index (χ3v) is 4.74. The van der Waals surface area contributed by atoms with Gasteiger partial charge in [-0.15, -0.1) is 5.10 Å². The van der Waals surface area contributed by atoms with Crippen molar-refractivity contribution in [3.63, 3.8) is 0 Å². The molecule has 0 radical (unpaired) electrons. The number of anilines is 3. The van der Waals surface area contributed by atoms with Crippen LogP contribution in [0.1, 0.15) is 11.4 Å². The maximum atomic E-state index is 13.6. The molecule has 32 heavy (non-hydrogen) atoms. The SMILES string of the molecule is CN(c1cccc(F)c1)c1cccc(-n2cc(CNc3ccnc(C(F)(F)F)c3)nn2)c1. The molecule has 0 amide bonds. The van der Waals surface area contributed by atoms with Gasteiger partial charge in [-0.1, -0.05) is 17.3 Å². The number of rotatable bonds is 6. The molecule has 4 rings (SSSR count). The molecule has 2 heterocycles. The number of aromatic nitrogens is 4. The predicted octanol–water partition coefficient (Wildman–Crippen LogP) is 5.20. The lowest BCUT2D eigenvalue weighted by molar-refractivity contribution is -0.141. The minimum atomic E-state index is -4.51. The van der Waals surface area contributed by atoms with Gasteiger partial charge in [-0.05, 0) is 48.5 Å². The fourth-order valence-electron chi connectivity index (χ4n) is 3.07. The number of hydrogen-bond donors (Lipinski definition) is 1. The number of pyridine rings is 1. The Bertz CT molecular complexity index is 1220. The lowest BCUT2D eigenvalue weighted by Crippen LogP contribution is -2.10. The van der Waals surface area contributed by atoms with E-state index < -0.39 is 11.9 Å². The molecule has 2 aromatic carbocycles. The molecule has 4 aromatic rings. The molecule has 0 aliphatic rings. The molecule has 0 aliphatic carbocycles. The zero-order chi connectivity index (χ0) is 22.7.